The maximum atomic E-state index is 13.5. The number of aliphatic hydroxyl groups is 1. The summed E-state index contributed by atoms with van der Waals surface area (Å²) in [5.41, 5.74) is -1.33. The van der Waals surface area contributed by atoms with E-state index in [0.717, 1.165) is 6.07 Å². The zero-order valence-corrected chi connectivity index (χ0v) is 16.8. The van der Waals surface area contributed by atoms with Crippen molar-refractivity contribution < 1.29 is 26.9 Å². The molecule has 0 radical (unpaired) electrons. The van der Waals surface area contributed by atoms with E-state index in [-0.39, 0.29) is 23.1 Å². The lowest BCUT2D eigenvalue weighted by Crippen LogP contribution is -2.50. The highest BCUT2D eigenvalue weighted by molar-refractivity contribution is 7.85. The molecule has 1 aromatic heterocycles. The summed E-state index contributed by atoms with van der Waals surface area (Å²) >= 11 is 0. The van der Waals surface area contributed by atoms with E-state index in [1.54, 1.807) is 6.07 Å². The fraction of sp³-hybridized carbons (Fsp3) is 0.368. The molecule has 30 heavy (non-hydrogen) atoms. The molecule has 0 saturated carbocycles. The van der Waals surface area contributed by atoms with Crippen molar-refractivity contribution in [1.29, 1.82) is 5.26 Å². The molecule has 0 bridgehead atoms. The summed E-state index contributed by atoms with van der Waals surface area (Å²) in [7, 11) is 0.0445. The molecule has 1 saturated heterocycles. The molecule has 1 fully saturated rings. The average Bonchev–Trinajstić information content (AvgIpc) is 3.07. The van der Waals surface area contributed by atoms with Gasteiger partial charge in [0.2, 0.25) is 0 Å². The SMILES string of the molecule is Cc1cc(C(F)(F)F)c(C#N)c(N2CS(=O)C[C@@H]2C(O)N(C)c2ccc(F)cc2)n1. The maximum Gasteiger partial charge on any atom is 0.417 e. The van der Waals surface area contributed by atoms with Gasteiger partial charge in [-0.15, -0.1) is 0 Å². The van der Waals surface area contributed by atoms with Crippen LogP contribution in [0.25, 0.3) is 0 Å². The van der Waals surface area contributed by atoms with Crippen LogP contribution in [0, 0.1) is 24.1 Å². The van der Waals surface area contributed by atoms with E-state index < -0.39 is 46.2 Å². The molecular formula is C19H18F4N4O2S. The molecule has 1 aromatic carbocycles. The summed E-state index contributed by atoms with van der Waals surface area (Å²) in [6, 6.07) is 6.71. The second-order valence-electron chi connectivity index (χ2n) is 6.89. The summed E-state index contributed by atoms with van der Waals surface area (Å²) in [6.45, 7) is 1.36. The Hall–Kier alpha value is -2.71. The third-order valence-corrected chi connectivity index (χ3v) is 6.11. The number of anilines is 2. The van der Waals surface area contributed by atoms with Crippen molar-refractivity contribution in [3.05, 3.63) is 53.0 Å². The van der Waals surface area contributed by atoms with Crippen molar-refractivity contribution in [3.63, 3.8) is 0 Å². The molecule has 11 heteroatoms. The van der Waals surface area contributed by atoms with Crippen LogP contribution in [0.2, 0.25) is 0 Å². The topological polar surface area (TPSA) is 80.5 Å². The molecule has 6 nitrogen and oxygen atoms in total. The number of pyridine rings is 1. The van der Waals surface area contributed by atoms with Gasteiger partial charge in [0, 0.05) is 29.2 Å². The molecule has 160 valence electrons. The molecule has 0 amide bonds. The number of nitriles is 1. The number of benzene rings is 1. The van der Waals surface area contributed by atoms with Crippen molar-refractivity contribution in [2.24, 2.45) is 0 Å². The van der Waals surface area contributed by atoms with Crippen LogP contribution >= 0.6 is 0 Å². The minimum atomic E-state index is -4.77. The van der Waals surface area contributed by atoms with Crippen LogP contribution in [-0.2, 0) is 17.0 Å². The lowest BCUT2D eigenvalue weighted by Gasteiger charge is -2.35. The van der Waals surface area contributed by atoms with Crippen LogP contribution in [0.1, 0.15) is 16.8 Å². The minimum Gasteiger partial charge on any atom is -0.371 e. The molecule has 0 spiro atoms. The Morgan fingerprint density at radius 3 is 2.57 bits per heavy atom. The minimum absolute atomic E-state index is 0.0332. The molecular weight excluding hydrogens is 424 g/mol. The van der Waals surface area contributed by atoms with Crippen LogP contribution in [0.4, 0.5) is 29.1 Å². The van der Waals surface area contributed by atoms with Crippen LogP contribution < -0.4 is 9.80 Å². The second kappa shape index (κ2) is 8.20. The van der Waals surface area contributed by atoms with Gasteiger partial charge in [0.1, 0.15) is 29.5 Å². The van der Waals surface area contributed by atoms with Crippen LogP contribution in [-0.4, -0.2) is 45.2 Å². The number of hydrogen-bond donors (Lipinski definition) is 1. The molecule has 1 aliphatic rings. The number of likely N-dealkylation sites (N-methyl/N-ethyl adjacent to an activating group) is 1. The van der Waals surface area contributed by atoms with Gasteiger partial charge in [0.25, 0.3) is 0 Å². The molecule has 2 unspecified atom stereocenters. The molecule has 2 heterocycles. The largest absolute Gasteiger partial charge is 0.417 e. The number of aryl methyl sites for hydroxylation is 1. The lowest BCUT2D eigenvalue weighted by atomic mass is 10.1. The summed E-state index contributed by atoms with van der Waals surface area (Å²) in [5, 5.41) is 20.3. The van der Waals surface area contributed by atoms with Gasteiger partial charge < -0.3 is 14.9 Å². The Labute approximate surface area is 172 Å². The Kier molecular flexibility index (Phi) is 6.01. The van der Waals surface area contributed by atoms with Gasteiger partial charge in [0.15, 0.2) is 0 Å². The van der Waals surface area contributed by atoms with Crippen LogP contribution in [0.3, 0.4) is 0 Å². The van der Waals surface area contributed by atoms with Crippen molar-refractivity contribution in [2.75, 3.05) is 28.5 Å². The van der Waals surface area contributed by atoms with Crippen molar-refractivity contribution in [3.8, 4) is 6.07 Å². The van der Waals surface area contributed by atoms with Crippen LogP contribution in [0.15, 0.2) is 30.3 Å². The zero-order valence-electron chi connectivity index (χ0n) is 16.0. The standard InChI is InChI=1S/C19H18F4N4O2S/c1-11-7-15(19(21,22)23)14(8-24)17(25-11)27-10-30(29)9-16(27)18(28)26(2)13-5-3-12(20)4-6-13/h3-7,16,18,28H,9-10H2,1-2H3/t16-,18?,30?/m1/s1. The number of rotatable bonds is 4. The summed E-state index contributed by atoms with van der Waals surface area (Å²) in [5.74, 6) is -0.949. The third kappa shape index (κ3) is 4.24. The Bertz CT molecular complexity index is 1010. The van der Waals surface area contributed by atoms with E-state index in [0.29, 0.717) is 5.69 Å². The van der Waals surface area contributed by atoms with Crippen molar-refractivity contribution in [1.82, 2.24) is 4.98 Å². The fourth-order valence-corrected chi connectivity index (χ4v) is 4.80. The molecule has 1 N–H and O–H groups in total. The number of nitrogens with zero attached hydrogens (tertiary/aromatic N) is 4. The third-order valence-electron chi connectivity index (χ3n) is 4.83. The number of alkyl halides is 3. The smallest absolute Gasteiger partial charge is 0.371 e. The van der Waals surface area contributed by atoms with E-state index in [1.165, 1.54) is 48.0 Å². The number of aromatic nitrogens is 1. The van der Waals surface area contributed by atoms with E-state index in [4.69, 9.17) is 0 Å². The first-order valence-electron chi connectivity index (χ1n) is 8.80. The quantitative estimate of drug-likeness (QED) is 0.580. The highest BCUT2D eigenvalue weighted by Gasteiger charge is 2.42. The molecule has 1 aliphatic heterocycles. The first-order valence-corrected chi connectivity index (χ1v) is 10.3. The predicted molar refractivity (Wildman–Crippen MR) is 104 cm³/mol. The Morgan fingerprint density at radius 1 is 1.37 bits per heavy atom. The van der Waals surface area contributed by atoms with Gasteiger partial charge in [-0.1, -0.05) is 0 Å². The Balaban J connectivity index is 2.03. The fourth-order valence-electron chi connectivity index (χ4n) is 3.33. The highest BCUT2D eigenvalue weighted by Crippen LogP contribution is 2.37. The maximum absolute atomic E-state index is 13.5. The normalized spacial score (nSPS) is 20.1. The van der Waals surface area contributed by atoms with E-state index >= 15 is 0 Å². The average molecular weight is 442 g/mol. The molecule has 3 rings (SSSR count). The summed E-state index contributed by atoms with van der Waals surface area (Å²) in [4.78, 5) is 6.78. The summed E-state index contributed by atoms with van der Waals surface area (Å²) in [6.07, 6.45) is -6.07. The van der Waals surface area contributed by atoms with Gasteiger partial charge in [-0.2, -0.15) is 18.4 Å². The van der Waals surface area contributed by atoms with Crippen LogP contribution in [0.5, 0.6) is 0 Å². The summed E-state index contributed by atoms with van der Waals surface area (Å²) < 4.78 is 65.8. The lowest BCUT2D eigenvalue weighted by molar-refractivity contribution is -0.137. The predicted octanol–water partition coefficient (Wildman–Crippen LogP) is 2.77. The number of hydrogen-bond acceptors (Lipinski definition) is 6. The van der Waals surface area contributed by atoms with Crippen molar-refractivity contribution >= 4 is 22.3 Å². The van der Waals surface area contributed by atoms with E-state index in [9.17, 15) is 32.1 Å². The monoisotopic (exact) mass is 442 g/mol. The first kappa shape index (κ1) is 22.0. The zero-order chi connectivity index (χ0) is 22.2. The molecule has 2 aromatic rings. The van der Waals surface area contributed by atoms with Gasteiger partial charge in [-0.05, 0) is 37.3 Å². The van der Waals surface area contributed by atoms with Gasteiger partial charge in [0.05, 0.1) is 23.2 Å². The second-order valence-corrected chi connectivity index (χ2v) is 8.36. The van der Waals surface area contributed by atoms with Gasteiger partial charge in [-0.25, -0.2) is 9.37 Å². The van der Waals surface area contributed by atoms with Gasteiger partial charge in [-0.3, -0.25) is 4.21 Å². The van der Waals surface area contributed by atoms with E-state index in [1.807, 2.05) is 0 Å². The van der Waals surface area contributed by atoms with E-state index in [2.05, 4.69) is 4.98 Å². The van der Waals surface area contributed by atoms with Gasteiger partial charge >= 0.3 is 6.18 Å². The first-order chi connectivity index (χ1) is 14.0. The molecule has 3 atom stereocenters. The Morgan fingerprint density at radius 2 is 2.00 bits per heavy atom. The van der Waals surface area contributed by atoms with Crippen molar-refractivity contribution in [2.45, 2.75) is 25.4 Å². The number of aliphatic hydroxyl groups excluding tert-OH is 1. The highest BCUT2D eigenvalue weighted by atomic mass is 32.2. The number of halogens is 4. The molecule has 0 aliphatic carbocycles.